The monoisotopic (exact) mass is 520 g/mol. The van der Waals surface area contributed by atoms with Crippen LogP contribution in [0.2, 0.25) is 5.02 Å². The third-order valence-electron chi connectivity index (χ3n) is 6.21. The fourth-order valence-corrected chi connectivity index (χ4v) is 4.49. The number of carbonyl (C=O) groups excluding carboxylic acids is 2. The maximum Gasteiger partial charge on any atom is 0.270 e. The van der Waals surface area contributed by atoms with Gasteiger partial charge in [-0.15, -0.1) is 0 Å². The Hall–Kier alpha value is -3.75. The first kappa shape index (κ1) is 26.3. The van der Waals surface area contributed by atoms with Crippen LogP contribution in [0.25, 0.3) is 21.9 Å². The molecule has 0 aliphatic rings. The molecule has 9 heteroatoms. The zero-order chi connectivity index (χ0) is 26.9. The van der Waals surface area contributed by atoms with Crippen molar-refractivity contribution in [1.82, 2.24) is 19.7 Å². The first-order valence-electron chi connectivity index (χ1n) is 12.0. The van der Waals surface area contributed by atoms with Crippen LogP contribution in [0.1, 0.15) is 53.9 Å². The number of nitrogens with zero attached hydrogens (tertiary/aromatic N) is 3. The molecule has 0 saturated carbocycles. The van der Waals surface area contributed by atoms with E-state index < -0.39 is 11.4 Å². The van der Waals surface area contributed by atoms with Crippen LogP contribution in [0.5, 0.6) is 0 Å². The molecular formula is C28H29ClN4O4. The Morgan fingerprint density at radius 3 is 2.43 bits per heavy atom. The summed E-state index contributed by atoms with van der Waals surface area (Å²) in [4.78, 5) is 39.9. The molecule has 0 fully saturated rings. The molecule has 0 radical (unpaired) electrons. The molecule has 37 heavy (non-hydrogen) atoms. The van der Waals surface area contributed by atoms with Crippen LogP contribution in [0.4, 0.5) is 0 Å². The van der Waals surface area contributed by atoms with E-state index in [-0.39, 0.29) is 42.3 Å². The van der Waals surface area contributed by atoms with Gasteiger partial charge in [-0.05, 0) is 49.1 Å². The van der Waals surface area contributed by atoms with E-state index in [9.17, 15) is 19.5 Å². The number of aryl methyl sites for hydroxylation is 1. The highest BCUT2D eigenvalue weighted by molar-refractivity contribution is 6.31. The third kappa shape index (κ3) is 5.21. The summed E-state index contributed by atoms with van der Waals surface area (Å²) in [5.41, 5.74) is 1.23. The number of hydrogen-bond donors (Lipinski definition) is 2. The lowest BCUT2D eigenvalue weighted by atomic mass is 9.94. The van der Waals surface area contributed by atoms with Gasteiger partial charge in [0.1, 0.15) is 5.69 Å². The summed E-state index contributed by atoms with van der Waals surface area (Å²) in [5.74, 6) is -0.605. The van der Waals surface area contributed by atoms with E-state index in [1.165, 1.54) is 9.25 Å². The minimum absolute atomic E-state index is 0.0111. The topological polar surface area (TPSA) is 106 Å². The van der Waals surface area contributed by atoms with Gasteiger partial charge in [0.2, 0.25) is 0 Å². The van der Waals surface area contributed by atoms with Gasteiger partial charge < -0.3 is 10.4 Å². The van der Waals surface area contributed by atoms with Gasteiger partial charge in [-0.1, -0.05) is 48.9 Å². The molecule has 1 amide bonds. The molecule has 2 heterocycles. The number of rotatable bonds is 8. The molecule has 2 aromatic heterocycles. The zero-order valence-corrected chi connectivity index (χ0v) is 22.0. The number of fused-ring (bicyclic) bond motifs is 1. The Labute approximate surface area is 219 Å². The summed E-state index contributed by atoms with van der Waals surface area (Å²) >= 11 is 6.31. The average Bonchev–Trinajstić information content (AvgIpc) is 3.25. The predicted octanol–water partition coefficient (Wildman–Crippen LogP) is 4.20. The molecule has 0 spiro atoms. The Morgan fingerprint density at radius 2 is 1.78 bits per heavy atom. The largest absolute Gasteiger partial charge is 0.394 e. The van der Waals surface area contributed by atoms with Crippen LogP contribution >= 0.6 is 11.6 Å². The van der Waals surface area contributed by atoms with E-state index in [4.69, 9.17) is 11.6 Å². The van der Waals surface area contributed by atoms with Gasteiger partial charge in [0.15, 0.2) is 5.78 Å². The van der Waals surface area contributed by atoms with Crippen LogP contribution in [0, 0.1) is 0 Å². The van der Waals surface area contributed by atoms with Gasteiger partial charge in [0.25, 0.3) is 11.5 Å². The quantitative estimate of drug-likeness (QED) is 0.339. The summed E-state index contributed by atoms with van der Waals surface area (Å²) in [6.45, 7) is 4.92. The number of aliphatic hydroxyl groups excluding tert-OH is 1. The van der Waals surface area contributed by atoms with Crippen molar-refractivity contribution in [3.05, 3.63) is 87.1 Å². The van der Waals surface area contributed by atoms with Crippen molar-refractivity contribution in [3.63, 3.8) is 0 Å². The average molecular weight is 521 g/mol. The number of ketones is 1. The van der Waals surface area contributed by atoms with Crippen LogP contribution in [0.15, 0.2) is 59.4 Å². The normalized spacial score (nSPS) is 11.6. The van der Waals surface area contributed by atoms with E-state index in [1.807, 2.05) is 30.3 Å². The Balaban J connectivity index is 1.93. The standard InChI is InChI=1S/C28H29ClN4O4/c1-5-23(35)25-24(17-9-7-6-8-10-17)21-13-18(29)11-12-20(21)27(37)33(25)15-19-14-22(32(4)31-19)26(36)30-28(2,3)16-34/h6-14,34H,5,15-16H2,1-4H3,(H,30,36). The van der Waals surface area contributed by atoms with Crippen molar-refractivity contribution >= 4 is 34.1 Å². The number of hydrogen-bond acceptors (Lipinski definition) is 5. The lowest BCUT2D eigenvalue weighted by Crippen LogP contribution is -2.46. The van der Waals surface area contributed by atoms with Crippen molar-refractivity contribution in [2.45, 2.75) is 39.3 Å². The third-order valence-corrected chi connectivity index (χ3v) is 6.45. The lowest BCUT2D eigenvalue weighted by molar-refractivity contribution is 0.0859. The zero-order valence-electron chi connectivity index (χ0n) is 21.2. The lowest BCUT2D eigenvalue weighted by Gasteiger charge is -2.23. The van der Waals surface area contributed by atoms with Gasteiger partial charge in [-0.2, -0.15) is 5.10 Å². The van der Waals surface area contributed by atoms with Crippen molar-refractivity contribution in [1.29, 1.82) is 0 Å². The molecule has 0 atom stereocenters. The van der Waals surface area contributed by atoms with Gasteiger partial charge in [0, 0.05) is 29.4 Å². The molecule has 4 aromatic rings. The summed E-state index contributed by atoms with van der Waals surface area (Å²) in [5, 5.41) is 18.2. The second kappa shape index (κ2) is 10.3. The smallest absolute Gasteiger partial charge is 0.270 e. The summed E-state index contributed by atoms with van der Waals surface area (Å²) in [7, 11) is 1.63. The van der Waals surface area contributed by atoms with Crippen LogP contribution in [-0.4, -0.2) is 43.3 Å². The van der Waals surface area contributed by atoms with E-state index in [1.54, 1.807) is 52.1 Å². The molecule has 8 nitrogen and oxygen atoms in total. The number of pyridine rings is 1. The number of nitrogens with one attached hydrogen (secondary N) is 1. The molecule has 0 unspecified atom stereocenters. The second-order valence-electron chi connectivity index (χ2n) is 9.59. The van der Waals surface area contributed by atoms with E-state index >= 15 is 0 Å². The minimum atomic E-state index is -0.816. The minimum Gasteiger partial charge on any atom is -0.394 e. The molecule has 0 bridgehead atoms. The van der Waals surface area contributed by atoms with Crippen molar-refractivity contribution in [2.24, 2.45) is 7.05 Å². The van der Waals surface area contributed by atoms with Gasteiger partial charge in [0.05, 0.1) is 30.1 Å². The van der Waals surface area contributed by atoms with E-state index in [2.05, 4.69) is 10.4 Å². The van der Waals surface area contributed by atoms with Crippen LogP contribution in [0.3, 0.4) is 0 Å². The highest BCUT2D eigenvalue weighted by atomic mass is 35.5. The van der Waals surface area contributed by atoms with Gasteiger partial charge in [-0.3, -0.25) is 23.6 Å². The molecule has 192 valence electrons. The number of halogens is 1. The molecular weight excluding hydrogens is 492 g/mol. The fraction of sp³-hybridized carbons (Fsp3) is 0.286. The molecule has 0 saturated heterocycles. The number of amides is 1. The predicted molar refractivity (Wildman–Crippen MR) is 144 cm³/mol. The summed E-state index contributed by atoms with van der Waals surface area (Å²) in [6.07, 6.45) is 0.192. The maximum absolute atomic E-state index is 13.7. The van der Waals surface area contributed by atoms with Gasteiger partial charge in [-0.25, -0.2) is 0 Å². The summed E-state index contributed by atoms with van der Waals surface area (Å²) in [6, 6.07) is 16.0. The Kier molecular flexibility index (Phi) is 7.34. The van der Waals surface area contributed by atoms with E-state index in [0.29, 0.717) is 27.1 Å². The SMILES string of the molecule is CCC(=O)c1c(-c2ccccc2)c2cc(Cl)ccc2c(=O)n1Cc1cc(C(=O)NC(C)(C)CO)n(C)n1. The van der Waals surface area contributed by atoms with E-state index in [0.717, 1.165) is 5.56 Å². The number of aromatic nitrogens is 3. The number of aliphatic hydroxyl groups is 1. The molecule has 2 N–H and O–H groups in total. The number of carbonyl (C=O) groups is 2. The fourth-order valence-electron chi connectivity index (χ4n) is 4.31. The maximum atomic E-state index is 13.7. The Bertz CT molecular complexity index is 1550. The first-order chi connectivity index (χ1) is 17.6. The van der Waals surface area contributed by atoms with Crippen molar-refractivity contribution in [3.8, 4) is 11.1 Å². The van der Waals surface area contributed by atoms with Crippen LogP contribution < -0.4 is 10.9 Å². The highest BCUT2D eigenvalue weighted by Gasteiger charge is 2.25. The van der Waals surface area contributed by atoms with Crippen molar-refractivity contribution < 1.29 is 14.7 Å². The van der Waals surface area contributed by atoms with Crippen LogP contribution in [-0.2, 0) is 13.6 Å². The molecule has 0 aliphatic carbocycles. The molecule has 2 aromatic carbocycles. The number of Topliss-reactive ketones (excluding diaryl/α,β-unsaturated/α-hetero) is 1. The number of benzene rings is 2. The summed E-state index contributed by atoms with van der Waals surface area (Å²) < 4.78 is 2.86. The molecule has 0 aliphatic heterocycles. The van der Waals surface area contributed by atoms with Gasteiger partial charge >= 0.3 is 0 Å². The first-order valence-corrected chi connectivity index (χ1v) is 12.3. The Morgan fingerprint density at radius 1 is 1.08 bits per heavy atom. The molecule has 4 rings (SSSR count). The highest BCUT2D eigenvalue weighted by Crippen LogP contribution is 2.33. The second-order valence-corrected chi connectivity index (χ2v) is 10.0. The van der Waals surface area contributed by atoms with Crippen molar-refractivity contribution in [2.75, 3.05) is 6.61 Å².